The molecule has 0 fully saturated rings. The third kappa shape index (κ3) is 2.01. The number of nitrogens with two attached hydrogens (primary N) is 1. The van der Waals surface area contributed by atoms with Gasteiger partial charge in [0.05, 0.1) is 10.6 Å². The van der Waals surface area contributed by atoms with Crippen LogP contribution < -0.4 is 5.73 Å². The van der Waals surface area contributed by atoms with Crippen molar-refractivity contribution in [1.29, 1.82) is 0 Å². The van der Waals surface area contributed by atoms with Crippen LogP contribution in [0.1, 0.15) is 12.5 Å². The number of nitrogen functional groups attached to an aromatic ring is 1. The number of aryl methyl sites for hydroxylation is 1. The molecule has 0 radical (unpaired) electrons. The van der Waals surface area contributed by atoms with Gasteiger partial charge in [-0.2, -0.15) is 0 Å². The van der Waals surface area contributed by atoms with Crippen LogP contribution in [0, 0.1) is 0 Å². The lowest BCUT2D eigenvalue weighted by Crippen LogP contribution is -2.04. The van der Waals surface area contributed by atoms with E-state index in [9.17, 15) is 8.42 Å². The zero-order chi connectivity index (χ0) is 10.1. The predicted octanol–water partition coefficient (Wildman–Crippen LogP) is 1.23. The molecule has 1 rings (SSSR count). The zero-order valence-electron chi connectivity index (χ0n) is 7.74. The fourth-order valence-electron chi connectivity index (χ4n) is 1.22. The van der Waals surface area contributed by atoms with Gasteiger partial charge >= 0.3 is 0 Å². The summed E-state index contributed by atoms with van der Waals surface area (Å²) in [5.41, 5.74) is 6.96. The molecule has 3 nitrogen and oxygen atoms in total. The predicted molar refractivity (Wildman–Crippen MR) is 53.3 cm³/mol. The first-order chi connectivity index (χ1) is 5.96. The quantitative estimate of drug-likeness (QED) is 0.729. The molecule has 0 bridgehead atoms. The molecule has 0 atom stereocenters. The first-order valence-electron chi connectivity index (χ1n) is 4.04. The molecule has 0 aliphatic carbocycles. The van der Waals surface area contributed by atoms with E-state index in [0.29, 0.717) is 5.69 Å². The number of benzene rings is 1. The van der Waals surface area contributed by atoms with Crippen molar-refractivity contribution in [2.24, 2.45) is 0 Å². The molecule has 0 amide bonds. The lowest BCUT2D eigenvalue weighted by atomic mass is 10.1. The Balaban J connectivity index is 3.41. The highest BCUT2D eigenvalue weighted by Gasteiger charge is 2.12. The van der Waals surface area contributed by atoms with Crippen molar-refractivity contribution in [3.05, 3.63) is 23.8 Å². The molecule has 1 aromatic carbocycles. The minimum Gasteiger partial charge on any atom is -0.397 e. The van der Waals surface area contributed by atoms with Gasteiger partial charge in [0.25, 0.3) is 0 Å². The van der Waals surface area contributed by atoms with E-state index in [1.165, 1.54) is 6.07 Å². The number of hydrogen-bond donors (Lipinski definition) is 1. The second-order valence-corrected chi connectivity index (χ2v) is 4.94. The van der Waals surface area contributed by atoms with Crippen molar-refractivity contribution in [1.82, 2.24) is 0 Å². The summed E-state index contributed by atoms with van der Waals surface area (Å²) in [7, 11) is -3.19. The molecule has 0 unspecified atom stereocenters. The van der Waals surface area contributed by atoms with Crippen LogP contribution in [0.2, 0.25) is 0 Å². The maximum absolute atomic E-state index is 11.2. The van der Waals surface area contributed by atoms with Gasteiger partial charge in [0.1, 0.15) is 0 Å². The maximum atomic E-state index is 11.2. The van der Waals surface area contributed by atoms with Gasteiger partial charge in [-0.05, 0) is 18.1 Å². The molecule has 72 valence electrons. The summed E-state index contributed by atoms with van der Waals surface area (Å²) < 4.78 is 22.5. The molecule has 0 saturated carbocycles. The van der Waals surface area contributed by atoms with Crippen molar-refractivity contribution in [2.75, 3.05) is 12.0 Å². The minimum absolute atomic E-state index is 0.229. The van der Waals surface area contributed by atoms with Gasteiger partial charge in [-0.3, -0.25) is 0 Å². The van der Waals surface area contributed by atoms with E-state index in [2.05, 4.69) is 0 Å². The van der Waals surface area contributed by atoms with Crippen molar-refractivity contribution in [3.8, 4) is 0 Å². The Kier molecular flexibility index (Phi) is 2.61. The first-order valence-corrected chi connectivity index (χ1v) is 5.93. The molecule has 0 spiro atoms. The average Bonchev–Trinajstić information content (AvgIpc) is 2.02. The van der Waals surface area contributed by atoms with E-state index < -0.39 is 9.84 Å². The monoisotopic (exact) mass is 199 g/mol. The third-order valence-electron chi connectivity index (χ3n) is 1.94. The fraction of sp³-hybridized carbons (Fsp3) is 0.333. The summed E-state index contributed by atoms with van der Waals surface area (Å²) in [5.74, 6) is 0. The summed E-state index contributed by atoms with van der Waals surface area (Å²) in [4.78, 5) is 0.229. The smallest absolute Gasteiger partial charge is 0.177 e. The summed E-state index contributed by atoms with van der Waals surface area (Å²) in [5, 5.41) is 0. The number of sulfone groups is 1. The Labute approximate surface area is 78.5 Å². The molecule has 0 aliphatic heterocycles. The number of para-hydroxylation sites is 1. The van der Waals surface area contributed by atoms with E-state index in [1.54, 1.807) is 6.07 Å². The number of anilines is 1. The molecular formula is C9H13NO2S. The second-order valence-electron chi connectivity index (χ2n) is 2.95. The van der Waals surface area contributed by atoms with E-state index in [4.69, 9.17) is 5.73 Å². The summed E-state index contributed by atoms with van der Waals surface area (Å²) in [6.45, 7) is 1.94. The van der Waals surface area contributed by atoms with Gasteiger partial charge in [-0.25, -0.2) is 8.42 Å². The SMILES string of the molecule is CCc1cccc(S(C)(=O)=O)c1N. The Morgan fingerprint density at radius 1 is 1.38 bits per heavy atom. The van der Waals surface area contributed by atoms with Crippen molar-refractivity contribution in [3.63, 3.8) is 0 Å². The van der Waals surface area contributed by atoms with Crippen LogP contribution in [-0.2, 0) is 16.3 Å². The molecule has 0 aliphatic rings. The topological polar surface area (TPSA) is 60.2 Å². The standard InChI is InChI=1S/C9H13NO2S/c1-3-7-5-4-6-8(9(7)10)13(2,11)12/h4-6H,3,10H2,1-2H3. The molecule has 2 N–H and O–H groups in total. The van der Waals surface area contributed by atoms with Crippen LogP contribution in [0.3, 0.4) is 0 Å². The lowest BCUT2D eigenvalue weighted by molar-refractivity contribution is 0.602. The Hall–Kier alpha value is -1.03. The van der Waals surface area contributed by atoms with Crippen LogP contribution in [0.5, 0.6) is 0 Å². The van der Waals surface area contributed by atoms with Gasteiger partial charge in [-0.1, -0.05) is 19.1 Å². The molecule has 13 heavy (non-hydrogen) atoms. The Morgan fingerprint density at radius 3 is 2.46 bits per heavy atom. The molecule has 1 aromatic rings. The third-order valence-corrected chi connectivity index (χ3v) is 3.09. The average molecular weight is 199 g/mol. The van der Waals surface area contributed by atoms with Crippen LogP contribution in [0.25, 0.3) is 0 Å². The minimum atomic E-state index is -3.19. The van der Waals surface area contributed by atoms with E-state index >= 15 is 0 Å². The molecule has 4 heteroatoms. The summed E-state index contributed by atoms with van der Waals surface area (Å²) >= 11 is 0. The zero-order valence-corrected chi connectivity index (χ0v) is 8.56. The first kappa shape index (κ1) is 10.1. The van der Waals surface area contributed by atoms with Crippen molar-refractivity contribution in [2.45, 2.75) is 18.2 Å². The number of hydrogen-bond acceptors (Lipinski definition) is 3. The second kappa shape index (κ2) is 3.38. The summed E-state index contributed by atoms with van der Waals surface area (Å²) in [6, 6.07) is 5.08. The van der Waals surface area contributed by atoms with Gasteiger partial charge in [0.2, 0.25) is 0 Å². The van der Waals surface area contributed by atoms with Gasteiger partial charge in [-0.15, -0.1) is 0 Å². The largest absolute Gasteiger partial charge is 0.397 e. The highest BCUT2D eigenvalue weighted by Crippen LogP contribution is 2.22. The van der Waals surface area contributed by atoms with Gasteiger partial charge < -0.3 is 5.73 Å². The van der Waals surface area contributed by atoms with Crippen LogP contribution >= 0.6 is 0 Å². The highest BCUT2D eigenvalue weighted by atomic mass is 32.2. The maximum Gasteiger partial charge on any atom is 0.177 e. The van der Waals surface area contributed by atoms with E-state index in [-0.39, 0.29) is 4.90 Å². The highest BCUT2D eigenvalue weighted by molar-refractivity contribution is 7.90. The van der Waals surface area contributed by atoms with Crippen LogP contribution in [-0.4, -0.2) is 14.7 Å². The molecular weight excluding hydrogens is 186 g/mol. The van der Waals surface area contributed by atoms with E-state index in [0.717, 1.165) is 18.2 Å². The van der Waals surface area contributed by atoms with Crippen LogP contribution in [0.15, 0.2) is 23.1 Å². The Morgan fingerprint density at radius 2 is 2.00 bits per heavy atom. The van der Waals surface area contributed by atoms with E-state index in [1.807, 2.05) is 13.0 Å². The van der Waals surface area contributed by atoms with Gasteiger partial charge in [0, 0.05) is 6.26 Å². The lowest BCUT2D eigenvalue weighted by Gasteiger charge is -2.07. The summed E-state index contributed by atoms with van der Waals surface area (Å²) in [6.07, 6.45) is 1.91. The van der Waals surface area contributed by atoms with Gasteiger partial charge in [0.15, 0.2) is 9.84 Å². The molecule has 0 aromatic heterocycles. The van der Waals surface area contributed by atoms with Crippen LogP contribution in [0.4, 0.5) is 5.69 Å². The molecule has 0 saturated heterocycles. The fourth-order valence-corrected chi connectivity index (χ4v) is 2.08. The molecule has 0 heterocycles. The Bertz CT molecular complexity index is 410. The van der Waals surface area contributed by atoms with Crippen molar-refractivity contribution < 1.29 is 8.42 Å². The normalized spacial score (nSPS) is 11.5. The van der Waals surface area contributed by atoms with Crippen molar-refractivity contribution >= 4 is 15.5 Å². The number of rotatable bonds is 2.